The second-order valence-corrected chi connectivity index (χ2v) is 6.27. The predicted octanol–water partition coefficient (Wildman–Crippen LogP) is 4.75. The lowest BCUT2D eigenvalue weighted by Gasteiger charge is -2.12. The van der Waals surface area contributed by atoms with Gasteiger partial charge in [0.2, 0.25) is 0 Å². The van der Waals surface area contributed by atoms with Crippen molar-refractivity contribution in [1.29, 1.82) is 0 Å². The molecule has 0 heterocycles. The third-order valence-corrected chi connectivity index (χ3v) is 4.24. The summed E-state index contributed by atoms with van der Waals surface area (Å²) in [7, 11) is 1.53. The molecule has 7 nitrogen and oxygen atoms in total. The van der Waals surface area contributed by atoms with Gasteiger partial charge in [-0.15, -0.1) is 0 Å². The van der Waals surface area contributed by atoms with E-state index in [0.717, 1.165) is 23.8 Å². The van der Waals surface area contributed by atoms with Crippen LogP contribution >= 0.6 is 0 Å². The van der Waals surface area contributed by atoms with Crippen LogP contribution in [0.2, 0.25) is 0 Å². The number of halogens is 2. The number of carbonyl (C=O) groups excluding carboxylic acids is 1. The van der Waals surface area contributed by atoms with Crippen molar-refractivity contribution in [1.82, 2.24) is 0 Å². The van der Waals surface area contributed by atoms with Crippen molar-refractivity contribution in [3.8, 4) is 5.75 Å². The molecule has 0 aromatic heterocycles. The Morgan fingerprint density at radius 3 is 2.43 bits per heavy atom. The molecule has 3 rings (SSSR count). The van der Waals surface area contributed by atoms with Gasteiger partial charge < -0.3 is 15.4 Å². The molecule has 1 amide bonds. The van der Waals surface area contributed by atoms with Crippen LogP contribution in [0.1, 0.15) is 15.9 Å². The largest absolute Gasteiger partial charge is 0.496 e. The quantitative estimate of drug-likeness (QED) is 0.431. The first-order valence-electron chi connectivity index (χ1n) is 8.79. The number of rotatable bonds is 7. The molecule has 0 aliphatic heterocycles. The first kappa shape index (κ1) is 20.7. The van der Waals surface area contributed by atoms with Gasteiger partial charge in [0.05, 0.1) is 12.0 Å². The fourth-order valence-corrected chi connectivity index (χ4v) is 2.84. The minimum atomic E-state index is -0.854. The summed E-state index contributed by atoms with van der Waals surface area (Å²) in [6.07, 6.45) is 0. The molecular formula is C21H17F2N3O4. The maximum atomic E-state index is 13.3. The van der Waals surface area contributed by atoms with Gasteiger partial charge in [-0.1, -0.05) is 18.2 Å². The number of benzene rings is 3. The third kappa shape index (κ3) is 4.88. The topological polar surface area (TPSA) is 93.5 Å². The standard InChI is InChI=1S/C21H17F2N3O4/c1-30-20-5-3-2-4-14(20)12-24-18-7-6-13(8-19(18)26(28)29)21(27)25-17-10-15(22)9-16(23)11-17/h2-11,24H,12H2,1H3,(H,25,27). The Hall–Kier alpha value is -4.01. The van der Waals surface area contributed by atoms with Crippen LogP contribution in [0, 0.1) is 21.7 Å². The van der Waals surface area contributed by atoms with Gasteiger partial charge in [-0.2, -0.15) is 0 Å². The van der Waals surface area contributed by atoms with Crippen molar-refractivity contribution < 1.29 is 23.2 Å². The maximum Gasteiger partial charge on any atom is 0.293 e. The number of nitrogens with zero attached hydrogens (tertiary/aromatic N) is 1. The lowest BCUT2D eigenvalue weighted by Crippen LogP contribution is -2.13. The van der Waals surface area contributed by atoms with Crippen LogP contribution < -0.4 is 15.4 Å². The highest BCUT2D eigenvalue weighted by molar-refractivity contribution is 6.05. The number of nitrogens with one attached hydrogen (secondary N) is 2. The Bertz CT molecular complexity index is 1090. The highest BCUT2D eigenvalue weighted by atomic mass is 19.1. The lowest BCUT2D eigenvalue weighted by atomic mass is 10.1. The molecule has 0 unspecified atom stereocenters. The van der Waals surface area contributed by atoms with E-state index < -0.39 is 22.5 Å². The smallest absolute Gasteiger partial charge is 0.293 e. The van der Waals surface area contributed by atoms with Crippen LogP contribution in [0.15, 0.2) is 60.7 Å². The second kappa shape index (κ2) is 8.99. The summed E-state index contributed by atoms with van der Waals surface area (Å²) >= 11 is 0. The molecule has 3 aromatic carbocycles. The Morgan fingerprint density at radius 2 is 1.77 bits per heavy atom. The number of methoxy groups -OCH3 is 1. The molecule has 0 aliphatic rings. The van der Waals surface area contributed by atoms with E-state index in [0.29, 0.717) is 11.8 Å². The van der Waals surface area contributed by atoms with Crippen LogP contribution in [-0.4, -0.2) is 17.9 Å². The van der Waals surface area contributed by atoms with Crippen molar-refractivity contribution in [2.45, 2.75) is 6.54 Å². The highest BCUT2D eigenvalue weighted by Gasteiger charge is 2.18. The fraction of sp³-hybridized carbons (Fsp3) is 0.0952. The van der Waals surface area contributed by atoms with Gasteiger partial charge in [0.25, 0.3) is 11.6 Å². The molecule has 0 spiro atoms. The predicted molar refractivity (Wildman–Crippen MR) is 108 cm³/mol. The summed E-state index contributed by atoms with van der Waals surface area (Å²) in [5.41, 5.74) is 0.555. The zero-order valence-electron chi connectivity index (χ0n) is 15.8. The van der Waals surface area contributed by atoms with Gasteiger partial charge in [-0.25, -0.2) is 8.78 Å². The molecule has 9 heteroatoms. The summed E-state index contributed by atoms with van der Waals surface area (Å²) in [6, 6.07) is 13.6. The van der Waals surface area contributed by atoms with E-state index in [1.54, 1.807) is 6.07 Å². The Balaban J connectivity index is 1.80. The molecule has 0 atom stereocenters. The summed E-state index contributed by atoms with van der Waals surface area (Å²) < 4.78 is 31.8. The number of hydrogen-bond donors (Lipinski definition) is 2. The van der Waals surface area contributed by atoms with E-state index in [-0.39, 0.29) is 29.2 Å². The zero-order chi connectivity index (χ0) is 21.7. The van der Waals surface area contributed by atoms with Gasteiger partial charge in [0.1, 0.15) is 23.1 Å². The third-order valence-electron chi connectivity index (χ3n) is 4.24. The number of ether oxygens (including phenoxy) is 1. The summed E-state index contributed by atoms with van der Waals surface area (Å²) in [5, 5.41) is 16.8. The van der Waals surface area contributed by atoms with E-state index in [1.807, 2.05) is 18.2 Å². The minimum absolute atomic E-state index is 0.0331. The first-order valence-corrected chi connectivity index (χ1v) is 8.79. The van der Waals surface area contributed by atoms with Crippen LogP contribution in [0.3, 0.4) is 0 Å². The molecule has 0 bridgehead atoms. The molecule has 0 radical (unpaired) electrons. The van der Waals surface area contributed by atoms with Gasteiger partial charge >= 0.3 is 0 Å². The zero-order valence-corrected chi connectivity index (χ0v) is 15.8. The molecule has 30 heavy (non-hydrogen) atoms. The summed E-state index contributed by atoms with van der Waals surface area (Å²) in [5.74, 6) is -1.82. The molecule has 3 aromatic rings. The van der Waals surface area contributed by atoms with Crippen molar-refractivity contribution in [2.24, 2.45) is 0 Å². The van der Waals surface area contributed by atoms with Gasteiger partial charge in [0.15, 0.2) is 0 Å². The number of nitro groups is 1. The Morgan fingerprint density at radius 1 is 1.07 bits per heavy atom. The molecule has 0 saturated carbocycles. The minimum Gasteiger partial charge on any atom is -0.496 e. The normalized spacial score (nSPS) is 10.4. The van der Waals surface area contributed by atoms with E-state index in [4.69, 9.17) is 4.74 Å². The van der Waals surface area contributed by atoms with Crippen LogP contribution in [0.5, 0.6) is 5.75 Å². The SMILES string of the molecule is COc1ccccc1CNc1ccc(C(=O)Nc2cc(F)cc(F)c2)cc1[N+](=O)[O-]. The Labute approximate surface area is 170 Å². The maximum absolute atomic E-state index is 13.3. The first-order chi connectivity index (χ1) is 14.4. The monoisotopic (exact) mass is 413 g/mol. The lowest BCUT2D eigenvalue weighted by molar-refractivity contribution is -0.384. The number of amides is 1. The molecule has 0 saturated heterocycles. The Kier molecular flexibility index (Phi) is 6.21. The molecule has 0 aliphatic carbocycles. The van der Waals surface area contributed by atoms with Crippen molar-refractivity contribution in [3.05, 3.63) is 93.5 Å². The molecule has 154 valence electrons. The van der Waals surface area contributed by atoms with Gasteiger partial charge in [-0.3, -0.25) is 14.9 Å². The van der Waals surface area contributed by atoms with Crippen LogP contribution in [0.25, 0.3) is 0 Å². The molecule has 2 N–H and O–H groups in total. The second-order valence-electron chi connectivity index (χ2n) is 6.27. The number of para-hydroxylation sites is 1. The van der Waals surface area contributed by atoms with E-state index in [2.05, 4.69) is 10.6 Å². The molecular weight excluding hydrogens is 396 g/mol. The number of carbonyl (C=O) groups is 1. The number of anilines is 2. The number of nitro benzene ring substituents is 1. The van der Waals surface area contributed by atoms with E-state index in [1.165, 1.54) is 19.2 Å². The van der Waals surface area contributed by atoms with E-state index >= 15 is 0 Å². The average Bonchev–Trinajstić information content (AvgIpc) is 2.71. The number of hydrogen-bond acceptors (Lipinski definition) is 5. The van der Waals surface area contributed by atoms with Crippen LogP contribution in [0.4, 0.5) is 25.8 Å². The van der Waals surface area contributed by atoms with Gasteiger partial charge in [0, 0.05) is 35.5 Å². The van der Waals surface area contributed by atoms with Crippen molar-refractivity contribution in [3.63, 3.8) is 0 Å². The van der Waals surface area contributed by atoms with Crippen molar-refractivity contribution >= 4 is 23.0 Å². The summed E-state index contributed by atoms with van der Waals surface area (Å²) in [6.45, 7) is 0.263. The summed E-state index contributed by atoms with van der Waals surface area (Å²) in [4.78, 5) is 23.2. The van der Waals surface area contributed by atoms with Crippen molar-refractivity contribution in [2.75, 3.05) is 17.7 Å². The van der Waals surface area contributed by atoms with Gasteiger partial charge in [-0.05, 0) is 30.3 Å². The van der Waals surface area contributed by atoms with E-state index in [9.17, 15) is 23.7 Å². The highest BCUT2D eigenvalue weighted by Crippen LogP contribution is 2.28. The van der Waals surface area contributed by atoms with Crippen LogP contribution in [-0.2, 0) is 6.54 Å². The molecule has 0 fully saturated rings. The fourth-order valence-electron chi connectivity index (χ4n) is 2.84. The average molecular weight is 413 g/mol.